The van der Waals surface area contributed by atoms with Crippen LogP contribution in [-0.2, 0) is 10.2 Å². The summed E-state index contributed by atoms with van der Waals surface area (Å²) < 4.78 is 5.68. The number of aliphatic hydroxyl groups excluding tert-OH is 1. The molecule has 0 aliphatic carbocycles. The second-order valence-corrected chi connectivity index (χ2v) is 7.05. The van der Waals surface area contributed by atoms with E-state index in [1.807, 2.05) is 38.1 Å². The van der Waals surface area contributed by atoms with Crippen LogP contribution in [0.2, 0.25) is 0 Å². The fourth-order valence-corrected chi connectivity index (χ4v) is 2.68. The lowest BCUT2D eigenvalue weighted by Crippen LogP contribution is -2.42. The molecule has 1 N–H and O–H groups in total. The van der Waals surface area contributed by atoms with Gasteiger partial charge in [0.2, 0.25) is 5.91 Å². The number of likely N-dealkylation sites (tertiary alicyclic amines) is 1. The molecule has 4 nitrogen and oxygen atoms in total. The van der Waals surface area contributed by atoms with Gasteiger partial charge in [-0.15, -0.1) is 0 Å². The van der Waals surface area contributed by atoms with E-state index in [1.165, 1.54) is 0 Å². The van der Waals surface area contributed by atoms with Crippen LogP contribution in [0.15, 0.2) is 24.3 Å². The fraction of sp³-hybridized carbons (Fsp3) is 0.611. The monoisotopic (exact) mass is 305 g/mol. The van der Waals surface area contributed by atoms with Gasteiger partial charge in [-0.3, -0.25) is 4.79 Å². The molecule has 0 aromatic heterocycles. The Labute approximate surface area is 133 Å². The number of aliphatic hydroxyl groups is 1. The minimum Gasteiger partial charge on any atom is -0.493 e. The maximum atomic E-state index is 12.7. The van der Waals surface area contributed by atoms with E-state index in [0.29, 0.717) is 32.0 Å². The summed E-state index contributed by atoms with van der Waals surface area (Å²) in [6.07, 6.45) is 0.288. The van der Waals surface area contributed by atoms with E-state index in [2.05, 4.69) is 13.8 Å². The molecule has 1 fully saturated rings. The highest BCUT2D eigenvalue weighted by molar-refractivity contribution is 5.87. The number of rotatable bonds is 5. The van der Waals surface area contributed by atoms with Gasteiger partial charge in [-0.2, -0.15) is 0 Å². The van der Waals surface area contributed by atoms with E-state index in [0.717, 1.165) is 11.3 Å². The number of hydrogen-bond acceptors (Lipinski definition) is 3. The smallest absolute Gasteiger partial charge is 0.232 e. The van der Waals surface area contributed by atoms with Gasteiger partial charge < -0.3 is 14.7 Å². The summed E-state index contributed by atoms with van der Waals surface area (Å²) in [4.78, 5) is 14.5. The Kier molecular flexibility index (Phi) is 5.12. The summed E-state index contributed by atoms with van der Waals surface area (Å²) in [6, 6.07) is 7.76. The number of amides is 1. The first kappa shape index (κ1) is 16.8. The minimum absolute atomic E-state index is 0.0694. The first-order valence-electron chi connectivity index (χ1n) is 8.01. The Morgan fingerprint density at radius 2 is 2.00 bits per heavy atom. The molecule has 1 aliphatic heterocycles. The Hall–Kier alpha value is -1.55. The predicted molar refractivity (Wildman–Crippen MR) is 87.0 cm³/mol. The van der Waals surface area contributed by atoms with Crippen LogP contribution in [0.25, 0.3) is 0 Å². The van der Waals surface area contributed by atoms with Crippen LogP contribution in [0.5, 0.6) is 5.75 Å². The number of benzene rings is 1. The van der Waals surface area contributed by atoms with Gasteiger partial charge in [0, 0.05) is 13.1 Å². The van der Waals surface area contributed by atoms with E-state index in [1.54, 1.807) is 4.90 Å². The topological polar surface area (TPSA) is 49.8 Å². The largest absolute Gasteiger partial charge is 0.493 e. The summed E-state index contributed by atoms with van der Waals surface area (Å²) in [5, 5.41) is 9.61. The van der Waals surface area contributed by atoms with Crippen molar-refractivity contribution >= 4 is 5.91 Å². The van der Waals surface area contributed by atoms with Crippen LogP contribution in [0.4, 0.5) is 0 Å². The molecule has 1 aromatic rings. The zero-order chi connectivity index (χ0) is 16.3. The zero-order valence-corrected chi connectivity index (χ0v) is 14.0. The zero-order valence-electron chi connectivity index (χ0n) is 14.0. The Morgan fingerprint density at radius 1 is 1.36 bits per heavy atom. The molecule has 0 spiro atoms. The number of carbonyl (C=O) groups is 1. The Balaban J connectivity index is 2.06. The van der Waals surface area contributed by atoms with Gasteiger partial charge in [0.15, 0.2) is 0 Å². The van der Waals surface area contributed by atoms with Crippen molar-refractivity contribution in [3.8, 4) is 5.75 Å². The maximum Gasteiger partial charge on any atom is 0.232 e. The summed E-state index contributed by atoms with van der Waals surface area (Å²) in [5.41, 5.74) is 0.372. The highest BCUT2D eigenvalue weighted by Gasteiger charge is 2.36. The van der Waals surface area contributed by atoms with Crippen LogP contribution in [0.1, 0.15) is 39.7 Å². The molecule has 2 rings (SSSR count). The van der Waals surface area contributed by atoms with Gasteiger partial charge in [-0.1, -0.05) is 26.0 Å². The number of nitrogens with zero attached hydrogens (tertiary/aromatic N) is 1. The molecule has 4 heteroatoms. The summed E-state index contributed by atoms with van der Waals surface area (Å²) in [6.45, 7) is 9.86. The minimum atomic E-state index is -0.597. The third-order valence-corrected chi connectivity index (χ3v) is 4.14. The van der Waals surface area contributed by atoms with Gasteiger partial charge in [0.1, 0.15) is 5.75 Å². The van der Waals surface area contributed by atoms with Crippen molar-refractivity contribution in [1.29, 1.82) is 0 Å². The third kappa shape index (κ3) is 3.80. The van der Waals surface area contributed by atoms with Gasteiger partial charge >= 0.3 is 0 Å². The lowest BCUT2D eigenvalue weighted by molar-refractivity contribution is -0.135. The normalized spacial score (nSPS) is 18.8. The number of hydrogen-bond donors (Lipinski definition) is 1. The number of β-amino-alcohol motifs (C(OH)–C–C–N with tert-alkyl or cyclic N) is 1. The molecule has 1 saturated heterocycles. The highest BCUT2D eigenvalue weighted by Crippen LogP contribution is 2.29. The predicted octanol–water partition coefficient (Wildman–Crippen LogP) is 2.59. The van der Waals surface area contributed by atoms with Crippen molar-refractivity contribution in [2.24, 2.45) is 5.92 Å². The molecule has 1 heterocycles. The van der Waals surface area contributed by atoms with Crippen LogP contribution in [0, 0.1) is 5.92 Å². The molecule has 0 saturated carbocycles. The van der Waals surface area contributed by atoms with E-state index in [9.17, 15) is 9.90 Å². The number of ether oxygens (including phenoxy) is 1. The van der Waals surface area contributed by atoms with Crippen LogP contribution in [-0.4, -0.2) is 41.7 Å². The molecule has 1 amide bonds. The molecule has 22 heavy (non-hydrogen) atoms. The third-order valence-electron chi connectivity index (χ3n) is 4.14. The van der Waals surface area contributed by atoms with Crippen LogP contribution in [0.3, 0.4) is 0 Å². The lowest BCUT2D eigenvalue weighted by atomic mass is 9.83. The summed E-state index contributed by atoms with van der Waals surface area (Å²) in [7, 11) is 0. The standard InChI is InChI=1S/C18H27NO3/c1-13(2)12-22-16-7-5-14(6-8-16)18(3,4)17(21)19-10-9-15(20)11-19/h5-8,13,15,20H,9-12H2,1-4H3/t15-/m1/s1. The molecule has 0 unspecified atom stereocenters. The van der Waals surface area contributed by atoms with E-state index in [-0.39, 0.29) is 12.0 Å². The summed E-state index contributed by atoms with van der Waals surface area (Å²) >= 11 is 0. The number of carbonyl (C=O) groups excluding carboxylic acids is 1. The average molecular weight is 305 g/mol. The van der Waals surface area contributed by atoms with Crippen molar-refractivity contribution < 1.29 is 14.6 Å². The molecule has 1 atom stereocenters. The quantitative estimate of drug-likeness (QED) is 0.909. The molecular weight excluding hydrogens is 278 g/mol. The van der Waals surface area contributed by atoms with Crippen molar-refractivity contribution in [3.05, 3.63) is 29.8 Å². The second-order valence-electron chi connectivity index (χ2n) is 7.05. The van der Waals surface area contributed by atoms with Crippen molar-refractivity contribution in [1.82, 2.24) is 4.90 Å². The highest BCUT2D eigenvalue weighted by atomic mass is 16.5. The van der Waals surface area contributed by atoms with Gasteiger partial charge in [-0.05, 0) is 43.9 Å². The van der Waals surface area contributed by atoms with Crippen molar-refractivity contribution in [2.75, 3.05) is 19.7 Å². The first-order chi connectivity index (χ1) is 10.3. The van der Waals surface area contributed by atoms with E-state index < -0.39 is 5.41 Å². The Bertz CT molecular complexity index is 508. The molecule has 0 bridgehead atoms. The SMILES string of the molecule is CC(C)COc1ccc(C(C)(C)C(=O)N2CC[C@@H](O)C2)cc1. The summed E-state index contributed by atoms with van der Waals surface area (Å²) in [5.74, 6) is 1.39. The van der Waals surface area contributed by atoms with E-state index >= 15 is 0 Å². The first-order valence-corrected chi connectivity index (χ1v) is 8.01. The average Bonchev–Trinajstić information content (AvgIpc) is 2.91. The van der Waals surface area contributed by atoms with Crippen LogP contribution < -0.4 is 4.74 Å². The van der Waals surface area contributed by atoms with Crippen molar-refractivity contribution in [2.45, 2.75) is 45.6 Å². The molecular formula is C18H27NO3. The molecule has 0 radical (unpaired) electrons. The maximum absolute atomic E-state index is 12.7. The molecule has 1 aromatic carbocycles. The van der Waals surface area contributed by atoms with Gasteiger partial charge in [0.05, 0.1) is 18.1 Å². The van der Waals surface area contributed by atoms with Crippen LogP contribution >= 0.6 is 0 Å². The van der Waals surface area contributed by atoms with E-state index in [4.69, 9.17) is 4.74 Å². The second kappa shape index (κ2) is 6.69. The van der Waals surface area contributed by atoms with Gasteiger partial charge in [0.25, 0.3) is 0 Å². The Morgan fingerprint density at radius 3 is 2.50 bits per heavy atom. The molecule has 122 valence electrons. The molecule has 1 aliphatic rings. The lowest BCUT2D eigenvalue weighted by Gasteiger charge is -2.29. The van der Waals surface area contributed by atoms with Gasteiger partial charge in [-0.25, -0.2) is 0 Å². The van der Waals surface area contributed by atoms with Crippen molar-refractivity contribution in [3.63, 3.8) is 0 Å². The fourth-order valence-electron chi connectivity index (χ4n) is 2.68.